The first-order valence-electron chi connectivity index (χ1n) is 10.7. The van der Waals surface area contributed by atoms with E-state index >= 15 is 0 Å². The molecule has 2 N–H and O–H groups in total. The minimum atomic E-state index is -0.429. The molecule has 0 aliphatic carbocycles. The lowest BCUT2D eigenvalue weighted by atomic mass is 10.2. The number of aromatic amines is 1. The normalized spacial score (nSPS) is 11.9. The maximum Gasteiger partial charge on any atom is 0.258 e. The summed E-state index contributed by atoms with van der Waals surface area (Å²) >= 11 is 7.31. The van der Waals surface area contributed by atoms with Crippen LogP contribution >= 0.6 is 23.4 Å². The third kappa shape index (κ3) is 6.82. The van der Waals surface area contributed by atoms with Crippen molar-refractivity contribution in [1.82, 2.24) is 14.9 Å². The summed E-state index contributed by atoms with van der Waals surface area (Å²) in [6, 6.07) is 12.4. The number of nitrogens with one attached hydrogen (secondary N) is 2. The number of amides is 2. The molecule has 0 saturated heterocycles. The van der Waals surface area contributed by atoms with Gasteiger partial charge in [0.15, 0.2) is 0 Å². The number of benzene rings is 2. The van der Waals surface area contributed by atoms with E-state index < -0.39 is 5.25 Å². The predicted molar refractivity (Wildman–Crippen MR) is 135 cm³/mol. The highest BCUT2D eigenvalue weighted by atomic mass is 35.5. The second-order valence-electron chi connectivity index (χ2n) is 7.80. The number of halogens is 1. The van der Waals surface area contributed by atoms with Crippen molar-refractivity contribution >= 4 is 51.8 Å². The van der Waals surface area contributed by atoms with Crippen LogP contribution in [0.25, 0.3) is 10.9 Å². The number of nitrogens with zero attached hydrogens (tertiary/aromatic N) is 2. The molecule has 9 heteroatoms. The van der Waals surface area contributed by atoms with E-state index in [0.29, 0.717) is 28.3 Å². The van der Waals surface area contributed by atoms with Gasteiger partial charge in [0, 0.05) is 17.3 Å². The van der Waals surface area contributed by atoms with Crippen LogP contribution in [-0.2, 0) is 16.1 Å². The van der Waals surface area contributed by atoms with Crippen molar-refractivity contribution < 1.29 is 9.59 Å². The Balaban J connectivity index is 1.64. The molecule has 1 aromatic heterocycles. The van der Waals surface area contributed by atoms with Gasteiger partial charge in [-0.05, 0) is 50.6 Å². The van der Waals surface area contributed by atoms with Gasteiger partial charge in [-0.15, -0.1) is 11.8 Å². The summed E-state index contributed by atoms with van der Waals surface area (Å²) in [6.45, 7) is 6.42. The average Bonchev–Trinajstić information content (AvgIpc) is 2.78. The van der Waals surface area contributed by atoms with Crippen molar-refractivity contribution in [2.45, 2.75) is 39.0 Å². The van der Waals surface area contributed by atoms with E-state index in [1.165, 1.54) is 11.8 Å². The predicted octanol–water partition coefficient (Wildman–Crippen LogP) is 4.38. The number of thioether (sulfide) groups is 1. The van der Waals surface area contributed by atoms with Crippen LogP contribution in [0.4, 0.5) is 5.69 Å². The van der Waals surface area contributed by atoms with Crippen molar-refractivity contribution in [2.24, 2.45) is 0 Å². The molecule has 0 radical (unpaired) electrons. The minimum Gasteiger partial charge on any atom is -0.334 e. The van der Waals surface area contributed by atoms with Crippen molar-refractivity contribution in [2.75, 3.05) is 17.6 Å². The third-order valence-corrected chi connectivity index (χ3v) is 6.38. The Morgan fingerprint density at radius 3 is 2.64 bits per heavy atom. The fourth-order valence-electron chi connectivity index (χ4n) is 3.32. The highest BCUT2D eigenvalue weighted by Gasteiger charge is 2.22. The fraction of sp³-hybridized carbons (Fsp3) is 0.333. The van der Waals surface area contributed by atoms with Crippen LogP contribution < -0.4 is 10.9 Å². The maximum absolute atomic E-state index is 13.1. The third-order valence-electron chi connectivity index (χ3n) is 5.01. The molecule has 0 spiro atoms. The fourth-order valence-corrected chi connectivity index (χ4v) is 4.25. The van der Waals surface area contributed by atoms with Gasteiger partial charge in [-0.1, -0.05) is 36.2 Å². The van der Waals surface area contributed by atoms with Gasteiger partial charge in [-0.25, -0.2) is 4.98 Å². The zero-order valence-corrected chi connectivity index (χ0v) is 20.4. The molecule has 0 bridgehead atoms. The number of fused-ring (bicyclic) bond motifs is 1. The van der Waals surface area contributed by atoms with E-state index in [9.17, 15) is 14.4 Å². The number of carbonyl (C=O) groups is 2. The van der Waals surface area contributed by atoms with Gasteiger partial charge in [0.25, 0.3) is 5.56 Å². The second-order valence-corrected chi connectivity index (χ2v) is 9.57. The Labute approximate surface area is 201 Å². The number of anilines is 1. The lowest BCUT2D eigenvalue weighted by Crippen LogP contribution is -2.38. The molecule has 2 aromatic carbocycles. The molecule has 3 rings (SSSR count). The molecule has 0 saturated carbocycles. The van der Waals surface area contributed by atoms with Gasteiger partial charge in [-0.3, -0.25) is 14.4 Å². The Morgan fingerprint density at radius 2 is 1.94 bits per heavy atom. The molecular weight excluding hydrogens is 460 g/mol. The number of H-pyrrole nitrogens is 1. The van der Waals surface area contributed by atoms with E-state index in [1.54, 1.807) is 30.0 Å². The monoisotopic (exact) mass is 486 g/mol. The van der Waals surface area contributed by atoms with Crippen LogP contribution in [0, 0.1) is 6.92 Å². The largest absolute Gasteiger partial charge is 0.334 e. The highest BCUT2D eigenvalue weighted by Crippen LogP contribution is 2.18. The summed E-state index contributed by atoms with van der Waals surface area (Å²) in [5.74, 6) is 0.275. The Bertz CT molecular complexity index is 1200. The molecule has 7 nitrogen and oxygen atoms in total. The standard InChI is InChI=1S/C24H27ClN4O3S/c1-4-11-29(13-21-27-20-12-17(25)7-10-19(20)23(31)28-21)24(32)16(3)33-14-22(30)26-18-8-5-15(2)6-9-18/h5-10,12,16H,4,11,13-14H2,1-3H3,(H,26,30)(H,27,28,31). The average molecular weight is 487 g/mol. The van der Waals surface area contributed by atoms with E-state index in [1.807, 2.05) is 38.1 Å². The molecule has 33 heavy (non-hydrogen) atoms. The number of carbonyl (C=O) groups excluding carboxylic acids is 2. The lowest BCUT2D eigenvalue weighted by Gasteiger charge is -2.24. The first kappa shape index (κ1) is 24.8. The maximum atomic E-state index is 13.1. The van der Waals surface area contributed by atoms with Crippen LogP contribution in [0.3, 0.4) is 0 Å². The van der Waals surface area contributed by atoms with Crippen molar-refractivity contribution in [1.29, 1.82) is 0 Å². The van der Waals surface area contributed by atoms with Gasteiger partial charge >= 0.3 is 0 Å². The summed E-state index contributed by atoms with van der Waals surface area (Å²) < 4.78 is 0. The molecule has 0 aliphatic heterocycles. The summed E-state index contributed by atoms with van der Waals surface area (Å²) in [5.41, 5.74) is 2.05. The van der Waals surface area contributed by atoms with Gasteiger partial charge in [0.1, 0.15) is 5.82 Å². The van der Waals surface area contributed by atoms with Gasteiger partial charge in [-0.2, -0.15) is 0 Å². The molecule has 1 unspecified atom stereocenters. The SMILES string of the molecule is CCCN(Cc1nc2cc(Cl)ccc2c(=O)[nH]1)C(=O)C(C)SCC(=O)Nc1ccc(C)cc1. The van der Waals surface area contributed by atoms with E-state index in [2.05, 4.69) is 15.3 Å². The smallest absolute Gasteiger partial charge is 0.258 e. The zero-order valence-electron chi connectivity index (χ0n) is 18.9. The van der Waals surface area contributed by atoms with Crippen LogP contribution in [0.15, 0.2) is 47.3 Å². The van der Waals surface area contributed by atoms with Gasteiger partial charge < -0.3 is 15.2 Å². The lowest BCUT2D eigenvalue weighted by molar-refractivity contribution is -0.131. The van der Waals surface area contributed by atoms with Crippen molar-refractivity contribution in [3.63, 3.8) is 0 Å². The topological polar surface area (TPSA) is 95.2 Å². The molecule has 174 valence electrons. The number of hydrogen-bond acceptors (Lipinski definition) is 5. The summed E-state index contributed by atoms with van der Waals surface area (Å²) in [7, 11) is 0. The molecule has 0 fully saturated rings. The first-order valence-corrected chi connectivity index (χ1v) is 12.1. The Morgan fingerprint density at radius 1 is 1.21 bits per heavy atom. The Hall–Kier alpha value is -2.84. The zero-order chi connectivity index (χ0) is 24.0. The van der Waals surface area contributed by atoms with Crippen LogP contribution in [0.5, 0.6) is 0 Å². The molecule has 1 heterocycles. The number of aryl methyl sites for hydroxylation is 1. The highest BCUT2D eigenvalue weighted by molar-refractivity contribution is 8.01. The van der Waals surface area contributed by atoms with Crippen LogP contribution in [0.1, 0.15) is 31.7 Å². The summed E-state index contributed by atoms with van der Waals surface area (Å²) in [5, 5.41) is 3.34. The van der Waals surface area contributed by atoms with Crippen molar-refractivity contribution in [3.05, 3.63) is 69.2 Å². The van der Waals surface area contributed by atoms with E-state index in [4.69, 9.17) is 11.6 Å². The number of aromatic nitrogens is 2. The number of hydrogen-bond donors (Lipinski definition) is 2. The summed E-state index contributed by atoms with van der Waals surface area (Å²) in [6.07, 6.45) is 0.751. The molecule has 0 aliphatic rings. The quantitative estimate of drug-likeness (QED) is 0.468. The van der Waals surface area contributed by atoms with Gasteiger partial charge in [0.2, 0.25) is 11.8 Å². The number of rotatable bonds is 9. The van der Waals surface area contributed by atoms with E-state index in [0.717, 1.165) is 17.7 Å². The van der Waals surface area contributed by atoms with Crippen LogP contribution in [-0.4, -0.2) is 44.2 Å². The second kappa shape index (κ2) is 11.3. The van der Waals surface area contributed by atoms with Crippen LogP contribution in [0.2, 0.25) is 5.02 Å². The van der Waals surface area contributed by atoms with E-state index in [-0.39, 0.29) is 29.7 Å². The molecule has 1 atom stereocenters. The molecule has 3 aromatic rings. The van der Waals surface area contributed by atoms with Gasteiger partial charge in [0.05, 0.1) is 28.5 Å². The first-order chi connectivity index (χ1) is 15.8. The molecule has 2 amide bonds. The van der Waals surface area contributed by atoms with Crippen molar-refractivity contribution in [3.8, 4) is 0 Å². The Kier molecular flexibility index (Phi) is 8.52. The molecular formula is C24H27ClN4O3S. The summed E-state index contributed by atoms with van der Waals surface area (Å²) in [4.78, 5) is 46.7. The minimum absolute atomic E-state index is 0.112.